The Morgan fingerprint density at radius 2 is 1.90 bits per heavy atom. The molecule has 0 amide bonds. The molecule has 29 heavy (non-hydrogen) atoms. The Bertz CT molecular complexity index is 924. The fourth-order valence-electron chi connectivity index (χ4n) is 4.64. The van der Waals surface area contributed by atoms with Gasteiger partial charge in [0.25, 0.3) is 0 Å². The molecule has 0 aliphatic carbocycles. The Hall–Kier alpha value is -1.70. The number of hydrogen-bond donors (Lipinski definition) is 0. The van der Waals surface area contributed by atoms with Crippen molar-refractivity contribution in [1.82, 2.24) is 19.4 Å². The minimum atomic E-state index is -3.42. The van der Waals surface area contributed by atoms with E-state index in [1.807, 2.05) is 48.7 Å². The van der Waals surface area contributed by atoms with Gasteiger partial charge in [0, 0.05) is 32.2 Å². The Morgan fingerprint density at radius 1 is 1.10 bits per heavy atom. The van der Waals surface area contributed by atoms with E-state index < -0.39 is 9.84 Å². The van der Waals surface area contributed by atoms with Gasteiger partial charge >= 0.3 is 0 Å². The Balaban J connectivity index is 1.61. The lowest BCUT2D eigenvalue weighted by atomic mass is 10.1. The molecule has 6 nitrogen and oxygen atoms in total. The topological polar surface area (TPSA) is 58.4 Å². The lowest BCUT2D eigenvalue weighted by Gasteiger charge is -2.37. The molecule has 4 rings (SSSR count). The summed E-state index contributed by atoms with van der Waals surface area (Å²) < 4.78 is 27.9. The van der Waals surface area contributed by atoms with Crippen LogP contribution in [-0.4, -0.2) is 65.7 Å². The van der Waals surface area contributed by atoms with Crippen molar-refractivity contribution in [1.29, 1.82) is 0 Å². The van der Waals surface area contributed by atoms with Gasteiger partial charge in [-0.25, -0.2) is 13.4 Å². The number of aromatic nitrogens is 2. The van der Waals surface area contributed by atoms with Crippen LogP contribution in [0.3, 0.4) is 0 Å². The summed E-state index contributed by atoms with van der Waals surface area (Å²) in [6.45, 7) is 9.57. The summed E-state index contributed by atoms with van der Waals surface area (Å²) >= 11 is 0. The number of hydrogen-bond acceptors (Lipinski definition) is 5. The van der Waals surface area contributed by atoms with Gasteiger partial charge in [0.05, 0.1) is 24.2 Å². The van der Waals surface area contributed by atoms with Gasteiger partial charge in [-0.15, -0.1) is 0 Å². The first-order valence-corrected chi connectivity index (χ1v) is 12.3. The van der Waals surface area contributed by atoms with Crippen LogP contribution in [0.25, 0.3) is 0 Å². The highest BCUT2D eigenvalue weighted by Gasteiger charge is 2.31. The predicted molar refractivity (Wildman–Crippen MR) is 115 cm³/mol. The van der Waals surface area contributed by atoms with Crippen LogP contribution < -0.4 is 0 Å². The zero-order valence-electron chi connectivity index (χ0n) is 17.5. The highest BCUT2D eigenvalue weighted by Crippen LogP contribution is 2.24. The SMILES string of the molecule is CC(C)CS(=O)(=O)c1ncc(CN2CCN3CCC[C@@H]3C2)n1Cc1ccccc1. The monoisotopic (exact) mass is 416 g/mol. The van der Waals surface area contributed by atoms with Crippen LogP contribution >= 0.6 is 0 Å². The van der Waals surface area contributed by atoms with Gasteiger partial charge in [-0.2, -0.15) is 0 Å². The average Bonchev–Trinajstić information content (AvgIpc) is 3.29. The van der Waals surface area contributed by atoms with E-state index in [-0.39, 0.29) is 16.8 Å². The van der Waals surface area contributed by atoms with Gasteiger partial charge in [0.2, 0.25) is 15.0 Å². The highest BCUT2D eigenvalue weighted by molar-refractivity contribution is 7.91. The molecule has 2 fully saturated rings. The molecule has 7 heteroatoms. The van der Waals surface area contributed by atoms with Crippen molar-refractivity contribution >= 4 is 9.84 Å². The molecular weight excluding hydrogens is 384 g/mol. The van der Waals surface area contributed by atoms with Crippen molar-refractivity contribution in [3.8, 4) is 0 Å². The molecule has 1 atom stereocenters. The number of rotatable bonds is 7. The molecule has 2 aliphatic rings. The molecule has 3 heterocycles. The zero-order valence-corrected chi connectivity index (χ0v) is 18.3. The lowest BCUT2D eigenvalue weighted by Crippen LogP contribution is -2.49. The Morgan fingerprint density at radius 3 is 2.66 bits per heavy atom. The molecule has 0 unspecified atom stereocenters. The first kappa shape index (κ1) is 20.6. The molecule has 0 spiro atoms. The highest BCUT2D eigenvalue weighted by atomic mass is 32.2. The predicted octanol–water partition coefficient (Wildman–Crippen LogP) is 2.64. The summed E-state index contributed by atoms with van der Waals surface area (Å²) in [5, 5.41) is 0.213. The van der Waals surface area contributed by atoms with E-state index in [0.29, 0.717) is 12.6 Å². The number of benzene rings is 1. The number of sulfone groups is 1. The van der Waals surface area contributed by atoms with Crippen LogP contribution in [-0.2, 0) is 22.9 Å². The summed E-state index contributed by atoms with van der Waals surface area (Å²) in [6, 6.07) is 10.7. The van der Waals surface area contributed by atoms with E-state index >= 15 is 0 Å². The van der Waals surface area contributed by atoms with Crippen LogP contribution in [0.5, 0.6) is 0 Å². The second kappa shape index (κ2) is 8.58. The van der Waals surface area contributed by atoms with Gasteiger partial charge in [0.1, 0.15) is 0 Å². The van der Waals surface area contributed by atoms with E-state index in [1.54, 1.807) is 6.20 Å². The van der Waals surface area contributed by atoms with Crippen molar-refractivity contribution in [3.05, 3.63) is 47.8 Å². The van der Waals surface area contributed by atoms with Gasteiger partial charge in [-0.3, -0.25) is 9.80 Å². The van der Waals surface area contributed by atoms with Crippen molar-refractivity contribution in [2.75, 3.05) is 31.9 Å². The van der Waals surface area contributed by atoms with Crippen LogP contribution in [0.15, 0.2) is 41.7 Å². The molecule has 0 saturated carbocycles. The lowest BCUT2D eigenvalue weighted by molar-refractivity contribution is 0.0975. The summed E-state index contributed by atoms with van der Waals surface area (Å²) in [6.07, 6.45) is 4.34. The van der Waals surface area contributed by atoms with Crippen LogP contribution in [0.2, 0.25) is 0 Å². The van der Waals surface area contributed by atoms with E-state index in [9.17, 15) is 8.42 Å². The molecule has 2 saturated heterocycles. The summed E-state index contributed by atoms with van der Waals surface area (Å²) in [5.41, 5.74) is 2.08. The smallest absolute Gasteiger partial charge is 0.228 e. The van der Waals surface area contributed by atoms with Crippen LogP contribution in [0.1, 0.15) is 37.9 Å². The molecule has 1 aromatic carbocycles. The molecule has 158 valence electrons. The second-order valence-electron chi connectivity index (χ2n) is 8.85. The Labute approximate surface area is 174 Å². The fourth-order valence-corrected chi connectivity index (χ4v) is 6.40. The van der Waals surface area contributed by atoms with E-state index in [0.717, 1.165) is 37.4 Å². The van der Waals surface area contributed by atoms with Gasteiger partial charge in [0.15, 0.2) is 0 Å². The van der Waals surface area contributed by atoms with Crippen LogP contribution in [0.4, 0.5) is 0 Å². The van der Waals surface area contributed by atoms with E-state index in [4.69, 9.17) is 0 Å². The van der Waals surface area contributed by atoms with Crippen molar-refractivity contribution in [3.63, 3.8) is 0 Å². The van der Waals surface area contributed by atoms with E-state index in [2.05, 4.69) is 14.8 Å². The minimum absolute atomic E-state index is 0.0702. The number of imidazole rings is 1. The largest absolute Gasteiger partial charge is 0.313 e. The average molecular weight is 417 g/mol. The van der Waals surface area contributed by atoms with Crippen molar-refractivity contribution in [2.24, 2.45) is 5.92 Å². The molecule has 0 N–H and O–H groups in total. The molecule has 0 radical (unpaired) electrons. The Kier molecular flexibility index (Phi) is 6.08. The normalized spacial score (nSPS) is 21.0. The number of fused-ring (bicyclic) bond motifs is 1. The maximum Gasteiger partial charge on any atom is 0.228 e. The third-order valence-electron chi connectivity index (χ3n) is 5.97. The summed E-state index contributed by atoms with van der Waals surface area (Å²) in [4.78, 5) is 9.46. The molecule has 0 bridgehead atoms. The van der Waals surface area contributed by atoms with Gasteiger partial charge < -0.3 is 4.57 Å². The van der Waals surface area contributed by atoms with Crippen molar-refractivity contribution in [2.45, 2.75) is 51.0 Å². The third-order valence-corrected chi connectivity index (χ3v) is 7.96. The number of piperazine rings is 1. The van der Waals surface area contributed by atoms with E-state index in [1.165, 1.54) is 19.4 Å². The first-order chi connectivity index (χ1) is 13.9. The third kappa shape index (κ3) is 4.73. The van der Waals surface area contributed by atoms with Gasteiger partial charge in [-0.05, 0) is 30.9 Å². The molecular formula is C22H32N4O2S. The number of nitrogens with zero attached hydrogens (tertiary/aromatic N) is 4. The van der Waals surface area contributed by atoms with Crippen LogP contribution in [0, 0.1) is 5.92 Å². The van der Waals surface area contributed by atoms with Gasteiger partial charge in [-0.1, -0.05) is 44.2 Å². The first-order valence-electron chi connectivity index (χ1n) is 10.7. The minimum Gasteiger partial charge on any atom is -0.313 e. The maximum atomic E-state index is 13.0. The molecule has 2 aliphatic heterocycles. The second-order valence-corrected chi connectivity index (χ2v) is 10.8. The summed E-state index contributed by atoms with van der Waals surface area (Å²) in [5.74, 6) is 0.194. The standard InChI is InChI=1S/C22H32N4O2S/c1-18(2)17-29(27,28)22-23-13-21(26(22)14-19-7-4-3-5-8-19)16-24-11-12-25-10-6-9-20(25)15-24/h3-5,7-8,13,18,20H,6,9-12,14-17H2,1-2H3/t20-/m1/s1. The maximum absolute atomic E-state index is 13.0. The van der Waals surface area contributed by atoms with Crippen molar-refractivity contribution < 1.29 is 8.42 Å². The zero-order chi connectivity index (χ0) is 20.4. The quantitative estimate of drug-likeness (QED) is 0.695. The molecule has 2 aromatic rings. The summed E-state index contributed by atoms with van der Waals surface area (Å²) in [7, 11) is -3.42. The fraction of sp³-hybridized carbons (Fsp3) is 0.591. The molecule has 1 aromatic heterocycles.